The lowest BCUT2D eigenvalue weighted by Gasteiger charge is -2.11. The summed E-state index contributed by atoms with van der Waals surface area (Å²) in [6.45, 7) is 14.9. The number of carbonyl (C=O) groups is 8. The van der Waals surface area contributed by atoms with E-state index in [1.807, 2.05) is 195 Å². The van der Waals surface area contributed by atoms with E-state index in [9.17, 15) is 94.5 Å². The minimum Gasteiger partial charge on any atom is -0.508 e. The highest BCUT2D eigenvalue weighted by Gasteiger charge is 2.47. The van der Waals surface area contributed by atoms with Crippen molar-refractivity contribution in [1.29, 1.82) is 0 Å². The Morgan fingerprint density at radius 3 is 0.710 bits per heavy atom. The van der Waals surface area contributed by atoms with Crippen molar-refractivity contribution in [2.24, 2.45) is 23.7 Å². The molecule has 4 aliphatic rings. The van der Waals surface area contributed by atoms with E-state index >= 15 is 0 Å². The summed E-state index contributed by atoms with van der Waals surface area (Å²) in [5, 5.41) is 111. The van der Waals surface area contributed by atoms with Gasteiger partial charge in [-0.15, -0.1) is 45.3 Å². The van der Waals surface area contributed by atoms with Crippen LogP contribution in [0.1, 0.15) is 177 Å². The van der Waals surface area contributed by atoms with Gasteiger partial charge in [-0.1, -0.05) is 127 Å². The van der Waals surface area contributed by atoms with Crippen LogP contribution in [0.5, 0.6) is 40.2 Å². The smallest absolute Gasteiger partial charge is 0.307 e. The minimum atomic E-state index is -0.770. The largest absolute Gasteiger partial charge is 0.508 e. The number of thiophene rings is 4. The lowest BCUT2D eigenvalue weighted by atomic mass is 9.93. The predicted molar refractivity (Wildman–Crippen MR) is 512 cm³/mol. The van der Waals surface area contributed by atoms with Crippen molar-refractivity contribution in [3.63, 3.8) is 0 Å². The van der Waals surface area contributed by atoms with Crippen LogP contribution in [0.15, 0.2) is 224 Å². The van der Waals surface area contributed by atoms with Gasteiger partial charge in [0.25, 0.3) is 0 Å². The summed E-state index contributed by atoms with van der Waals surface area (Å²) in [6.07, 6.45) is 2.61. The molecule has 23 heteroatoms. The Balaban J connectivity index is 0.000000122. The molecule has 0 amide bonds. The van der Waals surface area contributed by atoms with Gasteiger partial charge in [-0.3, -0.25) is 38.4 Å². The zero-order chi connectivity index (χ0) is 92.9. The number of aryl methyl sites for hydroxylation is 8. The summed E-state index contributed by atoms with van der Waals surface area (Å²) >= 11 is 5.30. The fourth-order valence-corrected chi connectivity index (χ4v) is 23.3. The van der Waals surface area contributed by atoms with Gasteiger partial charge in [0.15, 0.2) is 0 Å². The van der Waals surface area contributed by atoms with Gasteiger partial charge in [0, 0.05) is 73.7 Å². The van der Waals surface area contributed by atoms with Crippen LogP contribution in [0.2, 0.25) is 0 Å². The number of aromatic hydroxyl groups is 7. The molecule has 4 aliphatic carbocycles. The number of hydrogen-bond acceptors (Lipinski definition) is 19. The van der Waals surface area contributed by atoms with Crippen molar-refractivity contribution in [3.05, 3.63) is 333 Å². The quantitative estimate of drug-likeness (QED) is 0.0316. The summed E-state index contributed by atoms with van der Waals surface area (Å²) < 4.78 is 3.20. The van der Waals surface area contributed by atoms with Crippen molar-refractivity contribution < 1.29 is 94.5 Å². The first-order chi connectivity index (χ1) is 62.6. The maximum absolute atomic E-state index is 13.8. The second-order valence-corrected chi connectivity index (χ2v) is 38.8. The lowest BCUT2D eigenvalue weighted by molar-refractivity contribution is -0.139. The van der Waals surface area contributed by atoms with E-state index in [1.165, 1.54) is 45.3 Å². The molecular formula is C108H88O19S4. The summed E-state index contributed by atoms with van der Waals surface area (Å²) in [4.78, 5) is 102. The van der Waals surface area contributed by atoms with Crippen LogP contribution in [0.3, 0.4) is 0 Å². The monoisotopic (exact) mass is 1820 g/mol. The fraction of sp³-hybridized carbons (Fsp3) is 0.185. The van der Waals surface area contributed by atoms with E-state index in [-0.39, 0.29) is 122 Å². The highest BCUT2D eigenvalue weighted by molar-refractivity contribution is 7.23. The third-order valence-corrected chi connectivity index (χ3v) is 29.9. The van der Waals surface area contributed by atoms with Crippen molar-refractivity contribution in [2.45, 2.75) is 105 Å². The third kappa shape index (κ3) is 17.6. The average Bonchev–Trinajstić information content (AvgIpc) is 1.61. The van der Waals surface area contributed by atoms with E-state index in [0.29, 0.717) is 78.6 Å². The van der Waals surface area contributed by atoms with Crippen LogP contribution in [-0.4, -0.2) is 103 Å². The van der Waals surface area contributed by atoms with Crippen LogP contribution >= 0.6 is 45.3 Å². The Labute approximate surface area is 768 Å². The molecule has 0 bridgehead atoms. The molecule has 4 fully saturated rings. The molecular weight excluding hydrogens is 1730 g/mol. The molecule has 4 aromatic heterocycles. The highest BCUT2D eigenvalue weighted by Crippen LogP contribution is 2.54. The third-order valence-electron chi connectivity index (χ3n) is 25.3. The number of carboxylic acid groups (broad SMARTS) is 4. The molecule has 658 valence electrons. The van der Waals surface area contributed by atoms with Crippen LogP contribution in [0, 0.1) is 79.1 Å². The number of hydrogen-bond donors (Lipinski definition) is 11. The summed E-state index contributed by atoms with van der Waals surface area (Å²) in [5.74, 6) is -4.28. The Morgan fingerprint density at radius 1 is 0.252 bits per heavy atom. The van der Waals surface area contributed by atoms with E-state index in [2.05, 4.69) is 0 Å². The summed E-state index contributed by atoms with van der Waals surface area (Å²) in [5.41, 5.74) is 18.8. The molecule has 0 spiro atoms. The Morgan fingerprint density at radius 2 is 0.481 bits per heavy atom. The predicted octanol–water partition coefficient (Wildman–Crippen LogP) is 24.4. The molecule has 8 atom stereocenters. The molecule has 19 nitrogen and oxygen atoms in total. The first-order valence-electron chi connectivity index (χ1n) is 42.6. The van der Waals surface area contributed by atoms with Gasteiger partial charge in [-0.25, -0.2) is 0 Å². The van der Waals surface area contributed by atoms with Crippen LogP contribution in [0.4, 0.5) is 0 Å². The normalized spacial score (nSPS) is 17.3. The molecule has 0 aliphatic heterocycles. The van der Waals surface area contributed by atoms with Gasteiger partial charge in [0.1, 0.15) is 40.2 Å². The van der Waals surface area contributed by atoms with Gasteiger partial charge in [-0.05, 0) is 291 Å². The maximum Gasteiger partial charge on any atom is 0.307 e. The zero-order valence-electron chi connectivity index (χ0n) is 72.1. The fourth-order valence-electron chi connectivity index (χ4n) is 18.5. The first-order valence-corrected chi connectivity index (χ1v) is 45.8. The van der Waals surface area contributed by atoms with E-state index < -0.39 is 23.9 Å². The number of benzene rings is 12. The molecule has 16 aromatic rings. The van der Waals surface area contributed by atoms with Gasteiger partial charge in [0.2, 0.25) is 23.1 Å². The number of rotatable bonds is 20. The summed E-state index contributed by atoms with van der Waals surface area (Å²) in [6, 6.07) is 67.3. The van der Waals surface area contributed by atoms with Gasteiger partial charge < -0.3 is 56.2 Å². The molecule has 131 heavy (non-hydrogen) atoms. The van der Waals surface area contributed by atoms with Crippen molar-refractivity contribution >= 4 is 133 Å². The molecule has 11 N–H and O–H groups in total. The first kappa shape index (κ1) is 88.7. The minimum absolute atomic E-state index is 0.0199. The number of ketones is 4. The Hall–Kier alpha value is -14.4. The van der Waals surface area contributed by atoms with E-state index in [1.54, 1.807) is 84.9 Å². The molecule has 12 aromatic carbocycles. The zero-order valence-corrected chi connectivity index (χ0v) is 75.4. The van der Waals surface area contributed by atoms with Crippen molar-refractivity contribution in [1.82, 2.24) is 0 Å². The second kappa shape index (κ2) is 35.2. The number of phenols is 7. The van der Waals surface area contributed by atoms with Crippen LogP contribution < -0.4 is 0 Å². The maximum atomic E-state index is 13.8. The topological polar surface area (TPSA) is 359 Å². The number of phenolic OH excluding ortho intramolecular Hbond substituents is 7. The highest BCUT2D eigenvalue weighted by atomic mass is 32.1. The molecule has 4 saturated carbocycles. The molecule has 0 radical (unpaired) electrons. The average molecular weight is 1820 g/mol. The summed E-state index contributed by atoms with van der Waals surface area (Å²) in [7, 11) is 0. The van der Waals surface area contributed by atoms with Gasteiger partial charge in [-0.2, -0.15) is 0 Å². The molecule has 8 unspecified atom stereocenters. The Bertz CT molecular complexity index is 6820. The van der Waals surface area contributed by atoms with Gasteiger partial charge >= 0.3 is 23.9 Å². The van der Waals surface area contributed by atoms with E-state index in [4.69, 9.17) is 0 Å². The molecule has 20 rings (SSSR count). The SMILES string of the molecule is Cc1cc(C)c(C(=O)c2sc3cc(O)ccc3c2-c2ccc(C3CC3C(=O)O)cc2)c(O)c1.Cc1cc(C)c(C(=O)c2sc3cc(O)ccc3c2-c2ccc(C3CC3C(=O)O)cc2)c(O)c1.Cc1cc(O)cc(C)c1C(=O)c1sc2cc(O)ccc2c1-c1ccc(C2CC2C(=O)O)cc1.Cc1cccc(C)c1C(=O)c1sc2cc(O)ccc2c1-c1ccc(C2CC2C(=O)O)cc1. The number of carboxylic acids is 4. The Kier molecular flexibility index (Phi) is 23.9. The number of carbonyl (C=O) groups excluding carboxylic acids is 4. The standard InChI is InChI=1S/3C27H22O5S.C27H22O4S/c1-13-9-18(29)10-14(2)23(13)25(30)26-24(19-8-7-17(28)11-22(19)33-26)16-5-3-15(4-6-16)20-12-21(20)27(31)32;2*1-13-9-14(2)23(21(29)10-13)25(30)26-24(18-8-7-17(28)11-22(18)33-26)16-5-3-15(4-6-16)19-12-20(19)27(31)32;1-14-4-3-5-15(2)23(14)25(29)26-24(19-11-10-18(28)12-22(19)32-26)17-8-6-16(7-9-17)20-13-21(20)27(30)31/h3-11,20-21,28-29H,12H2,1-2H3,(H,31,32);2*3-11,19-20,28-29H,12H2,1-2H3,(H,31,32);3-12,20-21,28H,13H2,1-2H3,(H,30,31). The van der Waals surface area contributed by atoms with Crippen LogP contribution in [0.25, 0.3) is 84.9 Å². The van der Waals surface area contributed by atoms with Crippen molar-refractivity contribution in [3.8, 4) is 84.8 Å². The molecule has 0 saturated heterocycles. The van der Waals surface area contributed by atoms with Gasteiger partial charge in [0.05, 0.1) is 54.3 Å². The lowest BCUT2D eigenvalue weighted by Crippen LogP contribution is -2.06. The number of aliphatic carboxylic acids is 4. The van der Waals surface area contributed by atoms with E-state index in [0.717, 1.165) is 129 Å². The van der Waals surface area contributed by atoms with Crippen LogP contribution in [-0.2, 0) is 19.2 Å². The number of fused-ring (bicyclic) bond motifs is 4. The second-order valence-electron chi connectivity index (χ2n) is 34.6. The molecule has 4 heterocycles. The van der Waals surface area contributed by atoms with Crippen molar-refractivity contribution in [2.75, 3.05) is 0 Å².